The van der Waals surface area contributed by atoms with Crippen LogP contribution >= 0.6 is 11.6 Å². The molecule has 0 aliphatic carbocycles. The van der Waals surface area contributed by atoms with Gasteiger partial charge in [-0.3, -0.25) is 14.6 Å². The van der Waals surface area contributed by atoms with E-state index >= 15 is 0 Å². The molecule has 1 heterocycles. The number of amides is 1. The SMILES string of the molecule is O=C(COC(=O)c1c[nH]c(=O)[nH]c1=O)NCc1ccccc1Cl. The van der Waals surface area contributed by atoms with E-state index in [-0.39, 0.29) is 6.54 Å². The fourth-order valence-electron chi connectivity index (χ4n) is 1.66. The number of halogens is 1. The van der Waals surface area contributed by atoms with Gasteiger partial charge in [-0.15, -0.1) is 0 Å². The first-order valence-electron chi connectivity index (χ1n) is 6.46. The van der Waals surface area contributed by atoms with E-state index < -0.39 is 35.3 Å². The fourth-order valence-corrected chi connectivity index (χ4v) is 1.86. The van der Waals surface area contributed by atoms with E-state index in [0.717, 1.165) is 6.20 Å². The van der Waals surface area contributed by atoms with Crippen molar-refractivity contribution in [1.29, 1.82) is 0 Å². The molecule has 120 valence electrons. The molecule has 2 aromatic rings. The molecule has 0 spiro atoms. The molecule has 0 saturated carbocycles. The van der Waals surface area contributed by atoms with Crippen molar-refractivity contribution in [3.05, 3.63) is 67.4 Å². The third-order valence-corrected chi connectivity index (χ3v) is 3.18. The summed E-state index contributed by atoms with van der Waals surface area (Å²) in [5, 5.41) is 3.03. The average Bonchev–Trinajstić information content (AvgIpc) is 2.52. The number of ether oxygens (including phenoxy) is 1. The van der Waals surface area contributed by atoms with Crippen molar-refractivity contribution in [2.24, 2.45) is 0 Å². The lowest BCUT2D eigenvalue weighted by Gasteiger charge is -2.07. The molecule has 0 bridgehead atoms. The predicted molar refractivity (Wildman–Crippen MR) is 81.3 cm³/mol. The zero-order valence-electron chi connectivity index (χ0n) is 11.7. The minimum atomic E-state index is -1.02. The van der Waals surface area contributed by atoms with Gasteiger partial charge in [0, 0.05) is 17.8 Å². The number of nitrogens with one attached hydrogen (secondary N) is 3. The summed E-state index contributed by atoms with van der Waals surface area (Å²) in [5.74, 6) is -1.57. The van der Waals surface area contributed by atoms with Crippen molar-refractivity contribution in [2.45, 2.75) is 6.54 Å². The number of aromatic nitrogens is 2. The Balaban J connectivity index is 1.87. The Morgan fingerprint density at radius 3 is 2.65 bits per heavy atom. The van der Waals surface area contributed by atoms with Crippen LogP contribution in [-0.2, 0) is 16.1 Å². The first kappa shape index (κ1) is 16.5. The summed E-state index contributed by atoms with van der Waals surface area (Å²) >= 11 is 5.94. The van der Waals surface area contributed by atoms with Gasteiger partial charge in [0.15, 0.2) is 6.61 Å². The van der Waals surface area contributed by atoms with Gasteiger partial charge in [0.25, 0.3) is 11.5 Å². The predicted octanol–water partition coefficient (Wildman–Crippen LogP) is 0.190. The summed E-state index contributed by atoms with van der Waals surface area (Å²) in [7, 11) is 0. The summed E-state index contributed by atoms with van der Waals surface area (Å²) in [6.07, 6.45) is 0.922. The van der Waals surface area contributed by atoms with Crippen LogP contribution in [0.4, 0.5) is 0 Å². The minimum absolute atomic E-state index is 0.176. The fraction of sp³-hybridized carbons (Fsp3) is 0.143. The number of H-pyrrole nitrogens is 2. The van der Waals surface area contributed by atoms with E-state index in [4.69, 9.17) is 16.3 Å². The Morgan fingerprint density at radius 1 is 1.22 bits per heavy atom. The lowest BCUT2D eigenvalue weighted by atomic mass is 10.2. The third-order valence-electron chi connectivity index (χ3n) is 2.81. The van der Waals surface area contributed by atoms with Gasteiger partial charge < -0.3 is 15.0 Å². The maximum Gasteiger partial charge on any atom is 0.345 e. The largest absolute Gasteiger partial charge is 0.452 e. The van der Waals surface area contributed by atoms with Crippen LogP contribution in [0.15, 0.2) is 40.1 Å². The van der Waals surface area contributed by atoms with Gasteiger partial charge in [0.2, 0.25) is 0 Å². The van der Waals surface area contributed by atoms with Crippen molar-refractivity contribution < 1.29 is 14.3 Å². The number of carbonyl (C=O) groups excluding carboxylic acids is 2. The third kappa shape index (κ3) is 4.55. The van der Waals surface area contributed by atoms with Crippen LogP contribution in [0, 0.1) is 0 Å². The standard InChI is InChI=1S/C14H12ClN3O5/c15-10-4-2-1-3-8(10)5-16-11(19)7-23-13(21)9-6-17-14(22)18-12(9)20/h1-4,6H,5,7H2,(H,16,19)(H2,17,18,20,22). The monoisotopic (exact) mass is 337 g/mol. The second-order valence-electron chi connectivity index (χ2n) is 4.43. The Hall–Kier alpha value is -2.87. The van der Waals surface area contributed by atoms with Crippen LogP contribution in [0.1, 0.15) is 15.9 Å². The van der Waals surface area contributed by atoms with E-state index in [2.05, 4.69) is 10.3 Å². The zero-order chi connectivity index (χ0) is 16.8. The second kappa shape index (κ2) is 7.41. The highest BCUT2D eigenvalue weighted by molar-refractivity contribution is 6.31. The van der Waals surface area contributed by atoms with Crippen molar-refractivity contribution in [3.8, 4) is 0 Å². The Morgan fingerprint density at radius 2 is 1.96 bits per heavy atom. The van der Waals surface area contributed by atoms with E-state index in [1.165, 1.54) is 0 Å². The van der Waals surface area contributed by atoms with E-state index in [1.807, 2.05) is 4.98 Å². The second-order valence-corrected chi connectivity index (χ2v) is 4.84. The molecule has 0 unspecified atom stereocenters. The van der Waals surface area contributed by atoms with Crippen LogP contribution in [0.5, 0.6) is 0 Å². The molecule has 0 fully saturated rings. The number of benzene rings is 1. The Labute approximate surface area is 134 Å². The molecule has 9 heteroatoms. The van der Waals surface area contributed by atoms with Crippen molar-refractivity contribution in [1.82, 2.24) is 15.3 Å². The molecule has 3 N–H and O–H groups in total. The van der Waals surface area contributed by atoms with Crippen molar-refractivity contribution in [3.63, 3.8) is 0 Å². The number of hydrogen-bond acceptors (Lipinski definition) is 5. The van der Waals surface area contributed by atoms with E-state index in [0.29, 0.717) is 10.6 Å². The summed E-state index contributed by atoms with van der Waals surface area (Å²) in [6.45, 7) is -0.392. The summed E-state index contributed by atoms with van der Waals surface area (Å²) in [6, 6.07) is 6.97. The smallest absolute Gasteiger partial charge is 0.345 e. The van der Waals surface area contributed by atoms with E-state index in [1.54, 1.807) is 24.3 Å². The maximum atomic E-state index is 11.6. The number of esters is 1. The van der Waals surface area contributed by atoms with Gasteiger partial charge in [-0.05, 0) is 11.6 Å². The molecule has 1 aromatic heterocycles. The lowest BCUT2D eigenvalue weighted by molar-refractivity contribution is -0.124. The van der Waals surface area contributed by atoms with E-state index in [9.17, 15) is 19.2 Å². The van der Waals surface area contributed by atoms with Crippen molar-refractivity contribution >= 4 is 23.5 Å². The van der Waals surface area contributed by atoms with Gasteiger partial charge in [-0.2, -0.15) is 0 Å². The van der Waals surface area contributed by atoms with Crippen molar-refractivity contribution in [2.75, 3.05) is 6.61 Å². The quantitative estimate of drug-likeness (QED) is 0.672. The molecular formula is C14H12ClN3O5. The summed E-state index contributed by atoms with van der Waals surface area (Å²) < 4.78 is 4.70. The Bertz CT molecular complexity index is 843. The van der Waals surface area contributed by atoms with Crippen LogP contribution in [0.3, 0.4) is 0 Å². The first-order valence-corrected chi connectivity index (χ1v) is 6.84. The molecule has 23 heavy (non-hydrogen) atoms. The highest BCUT2D eigenvalue weighted by Gasteiger charge is 2.14. The highest BCUT2D eigenvalue weighted by Crippen LogP contribution is 2.14. The molecule has 0 radical (unpaired) electrons. The van der Waals surface area contributed by atoms with Gasteiger partial charge in [-0.25, -0.2) is 9.59 Å². The zero-order valence-corrected chi connectivity index (χ0v) is 12.5. The topological polar surface area (TPSA) is 121 Å². The number of hydrogen-bond donors (Lipinski definition) is 3. The van der Waals surface area contributed by atoms with Gasteiger partial charge in [0.1, 0.15) is 5.56 Å². The maximum absolute atomic E-state index is 11.6. The highest BCUT2D eigenvalue weighted by atomic mass is 35.5. The molecule has 2 rings (SSSR count). The summed E-state index contributed by atoms with van der Waals surface area (Å²) in [4.78, 5) is 49.5. The lowest BCUT2D eigenvalue weighted by Crippen LogP contribution is -2.31. The number of rotatable bonds is 5. The van der Waals surface area contributed by atoms with Gasteiger partial charge in [-0.1, -0.05) is 29.8 Å². The van der Waals surface area contributed by atoms with Crippen LogP contribution in [-0.4, -0.2) is 28.5 Å². The minimum Gasteiger partial charge on any atom is -0.452 e. The Kier molecular flexibility index (Phi) is 5.32. The first-order chi connectivity index (χ1) is 11.0. The summed E-state index contributed by atoms with van der Waals surface area (Å²) in [5.41, 5.74) is -1.33. The number of carbonyl (C=O) groups is 2. The van der Waals surface area contributed by atoms with Gasteiger partial charge in [0.05, 0.1) is 0 Å². The number of aromatic amines is 2. The van der Waals surface area contributed by atoms with Gasteiger partial charge >= 0.3 is 11.7 Å². The molecule has 0 aliphatic rings. The van der Waals surface area contributed by atoms with Crippen LogP contribution in [0.2, 0.25) is 5.02 Å². The molecule has 0 saturated heterocycles. The molecule has 1 aromatic carbocycles. The average molecular weight is 338 g/mol. The normalized spacial score (nSPS) is 10.1. The molecular weight excluding hydrogens is 326 g/mol. The molecule has 1 amide bonds. The molecule has 0 aliphatic heterocycles. The van der Waals surface area contributed by atoms with Crippen LogP contribution in [0.25, 0.3) is 0 Å². The van der Waals surface area contributed by atoms with Crippen LogP contribution < -0.4 is 16.6 Å². The molecule has 0 atom stereocenters. The molecule has 8 nitrogen and oxygen atoms in total.